The fourth-order valence-corrected chi connectivity index (χ4v) is 3.49. The maximum Gasteiger partial charge on any atom is 0.161 e. The van der Waals surface area contributed by atoms with Gasteiger partial charge in [-0.2, -0.15) is 0 Å². The number of nitrogens with zero attached hydrogens (tertiary/aromatic N) is 4. The molecule has 0 spiro atoms. The number of rotatable bonds is 2. The number of benzene rings is 1. The zero-order chi connectivity index (χ0) is 18.3. The number of ether oxygens (including phenoxy) is 1. The molecular formula is C19H18BrFN4O. The first-order valence-corrected chi connectivity index (χ1v) is 9.26. The van der Waals surface area contributed by atoms with Gasteiger partial charge < -0.3 is 9.64 Å². The molecule has 3 aromatic rings. The molecule has 0 N–H and O–H groups in total. The zero-order valence-electron chi connectivity index (χ0n) is 14.5. The topological polar surface area (TPSA) is 51.1 Å². The summed E-state index contributed by atoms with van der Waals surface area (Å²) in [4.78, 5) is 15.9. The highest BCUT2D eigenvalue weighted by molar-refractivity contribution is 9.10. The summed E-state index contributed by atoms with van der Waals surface area (Å²) in [5.74, 6) is 1.19. The molecule has 1 aliphatic rings. The van der Waals surface area contributed by atoms with Crippen molar-refractivity contribution in [3.8, 4) is 11.4 Å². The van der Waals surface area contributed by atoms with Crippen LogP contribution >= 0.6 is 15.9 Å². The van der Waals surface area contributed by atoms with Crippen molar-refractivity contribution in [2.75, 3.05) is 24.7 Å². The summed E-state index contributed by atoms with van der Waals surface area (Å²) in [6, 6.07) is 7.40. The van der Waals surface area contributed by atoms with Crippen molar-refractivity contribution < 1.29 is 9.13 Å². The largest absolute Gasteiger partial charge is 0.377 e. The van der Waals surface area contributed by atoms with Crippen LogP contribution in [0, 0.1) is 12.7 Å². The molecule has 2 aromatic heterocycles. The highest BCUT2D eigenvalue weighted by Crippen LogP contribution is 2.27. The molecule has 1 saturated heterocycles. The van der Waals surface area contributed by atoms with E-state index in [0.717, 1.165) is 23.6 Å². The van der Waals surface area contributed by atoms with E-state index in [1.54, 1.807) is 12.3 Å². The van der Waals surface area contributed by atoms with E-state index < -0.39 is 0 Å². The lowest BCUT2D eigenvalue weighted by Gasteiger charge is -2.34. The summed E-state index contributed by atoms with van der Waals surface area (Å²) in [5, 5.41) is 0.709. The van der Waals surface area contributed by atoms with Gasteiger partial charge in [0.1, 0.15) is 11.6 Å². The van der Waals surface area contributed by atoms with Gasteiger partial charge in [0.25, 0.3) is 0 Å². The molecule has 1 aliphatic heterocycles. The number of hydrogen-bond donors (Lipinski definition) is 0. The predicted molar refractivity (Wildman–Crippen MR) is 103 cm³/mol. The lowest BCUT2D eigenvalue weighted by atomic mass is 10.1. The van der Waals surface area contributed by atoms with Gasteiger partial charge in [0, 0.05) is 29.4 Å². The molecule has 0 amide bonds. The van der Waals surface area contributed by atoms with E-state index in [4.69, 9.17) is 4.74 Å². The molecule has 0 bridgehead atoms. The minimum Gasteiger partial charge on any atom is -0.377 e. The molecule has 5 nitrogen and oxygen atoms in total. The van der Waals surface area contributed by atoms with E-state index in [1.165, 1.54) is 6.07 Å². The Morgan fingerprint density at radius 3 is 2.85 bits per heavy atom. The van der Waals surface area contributed by atoms with E-state index >= 15 is 0 Å². The summed E-state index contributed by atoms with van der Waals surface area (Å²) in [6.07, 6.45) is 1.79. The number of halogens is 2. The van der Waals surface area contributed by atoms with Crippen LogP contribution in [0.2, 0.25) is 0 Å². The second kappa shape index (κ2) is 6.89. The summed E-state index contributed by atoms with van der Waals surface area (Å²) in [5.41, 5.74) is 2.27. The van der Waals surface area contributed by atoms with E-state index in [1.807, 2.05) is 19.1 Å². The van der Waals surface area contributed by atoms with Crippen LogP contribution in [0.4, 0.5) is 10.2 Å². The monoisotopic (exact) mass is 416 g/mol. The molecule has 3 heterocycles. The van der Waals surface area contributed by atoms with E-state index in [9.17, 15) is 4.39 Å². The maximum atomic E-state index is 13.8. The summed E-state index contributed by atoms with van der Waals surface area (Å²) in [7, 11) is 0. The fourth-order valence-electron chi connectivity index (χ4n) is 3.16. The standard InChI is InChI=1S/C19H18BrFN4O/c1-11-10-26-6-5-25(11)18-4-3-13(9-22-18)19-23-12(2)14-7-16(21)15(20)8-17(14)24-19/h3-4,7-9,11H,5-6,10H2,1-2H3/t11-/m0/s1. The lowest BCUT2D eigenvalue weighted by molar-refractivity contribution is 0.0985. The minimum atomic E-state index is -0.317. The molecule has 134 valence electrons. The third-order valence-corrected chi connectivity index (χ3v) is 5.20. The van der Waals surface area contributed by atoms with Gasteiger partial charge in [0.2, 0.25) is 0 Å². The van der Waals surface area contributed by atoms with Crippen LogP contribution in [-0.2, 0) is 4.74 Å². The quantitative estimate of drug-likeness (QED) is 0.628. The van der Waals surface area contributed by atoms with Crippen molar-refractivity contribution in [1.29, 1.82) is 0 Å². The molecular weight excluding hydrogens is 399 g/mol. The van der Waals surface area contributed by atoms with Crippen LogP contribution in [0.5, 0.6) is 0 Å². The van der Waals surface area contributed by atoms with Crippen molar-refractivity contribution in [3.63, 3.8) is 0 Å². The third-order valence-electron chi connectivity index (χ3n) is 4.60. The van der Waals surface area contributed by atoms with Crippen LogP contribution in [0.15, 0.2) is 34.9 Å². The Morgan fingerprint density at radius 1 is 1.27 bits per heavy atom. The first-order valence-electron chi connectivity index (χ1n) is 8.47. The van der Waals surface area contributed by atoms with Gasteiger partial charge in [-0.05, 0) is 54.0 Å². The SMILES string of the molecule is Cc1nc(-c2ccc(N3CCOC[C@@H]3C)nc2)nc2cc(Br)c(F)cc12. The van der Waals surface area contributed by atoms with Gasteiger partial charge in [-0.3, -0.25) is 0 Å². The fraction of sp³-hybridized carbons (Fsp3) is 0.316. The summed E-state index contributed by atoms with van der Waals surface area (Å²) < 4.78 is 19.7. The zero-order valence-corrected chi connectivity index (χ0v) is 16.1. The molecule has 26 heavy (non-hydrogen) atoms. The lowest BCUT2D eigenvalue weighted by Crippen LogP contribution is -2.44. The molecule has 1 fully saturated rings. The second-order valence-corrected chi connectivity index (χ2v) is 7.29. The average molecular weight is 417 g/mol. The van der Waals surface area contributed by atoms with Crippen LogP contribution in [0.25, 0.3) is 22.3 Å². The molecule has 0 unspecified atom stereocenters. The van der Waals surface area contributed by atoms with Gasteiger partial charge in [0.15, 0.2) is 5.82 Å². The van der Waals surface area contributed by atoms with Crippen molar-refractivity contribution in [2.45, 2.75) is 19.9 Å². The van der Waals surface area contributed by atoms with Gasteiger partial charge in [0.05, 0.1) is 29.2 Å². The normalized spacial score (nSPS) is 17.7. The Kier molecular flexibility index (Phi) is 4.58. The van der Waals surface area contributed by atoms with Crippen LogP contribution in [0.1, 0.15) is 12.6 Å². The molecule has 1 aromatic carbocycles. The van der Waals surface area contributed by atoms with Crippen LogP contribution in [-0.4, -0.2) is 40.8 Å². The molecule has 7 heteroatoms. The van der Waals surface area contributed by atoms with Crippen molar-refractivity contribution >= 4 is 32.7 Å². The highest BCUT2D eigenvalue weighted by atomic mass is 79.9. The highest BCUT2D eigenvalue weighted by Gasteiger charge is 2.20. The van der Waals surface area contributed by atoms with Crippen molar-refractivity contribution in [1.82, 2.24) is 15.0 Å². The van der Waals surface area contributed by atoms with E-state index in [0.29, 0.717) is 40.5 Å². The van der Waals surface area contributed by atoms with E-state index in [2.05, 4.69) is 42.7 Å². The first-order chi connectivity index (χ1) is 12.5. The molecule has 0 radical (unpaired) electrons. The molecule has 4 rings (SSSR count). The Bertz CT molecular complexity index is 964. The van der Waals surface area contributed by atoms with Crippen LogP contribution in [0.3, 0.4) is 0 Å². The Hall–Kier alpha value is -2.12. The van der Waals surface area contributed by atoms with Gasteiger partial charge >= 0.3 is 0 Å². The number of aromatic nitrogens is 3. The maximum absolute atomic E-state index is 13.8. The minimum absolute atomic E-state index is 0.300. The predicted octanol–water partition coefficient (Wildman–Crippen LogP) is 4.13. The van der Waals surface area contributed by atoms with Gasteiger partial charge in [-0.25, -0.2) is 19.3 Å². The number of morpholine rings is 1. The number of fused-ring (bicyclic) bond motifs is 1. The van der Waals surface area contributed by atoms with Crippen LogP contribution < -0.4 is 4.90 Å². The average Bonchev–Trinajstić information content (AvgIpc) is 2.64. The Balaban J connectivity index is 1.70. The summed E-state index contributed by atoms with van der Waals surface area (Å²) in [6.45, 7) is 6.24. The van der Waals surface area contributed by atoms with Crippen molar-refractivity contribution in [2.24, 2.45) is 0 Å². The molecule has 0 saturated carbocycles. The second-order valence-electron chi connectivity index (χ2n) is 6.44. The Morgan fingerprint density at radius 2 is 2.12 bits per heavy atom. The first kappa shape index (κ1) is 17.3. The summed E-state index contributed by atoms with van der Waals surface area (Å²) >= 11 is 3.22. The smallest absolute Gasteiger partial charge is 0.161 e. The number of pyridine rings is 1. The number of aryl methyl sites for hydroxylation is 1. The number of anilines is 1. The Labute approximate surface area is 159 Å². The number of hydrogen-bond acceptors (Lipinski definition) is 5. The van der Waals surface area contributed by atoms with Gasteiger partial charge in [-0.1, -0.05) is 0 Å². The third kappa shape index (κ3) is 3.17. The molecule has 1 atom stereocenters. The van der Waals surface area contributed by atoms with Crippen molar-refractivity contribution in [3.05, 3.63) is 46.4 Å². The van der Waals surface area contributed by atoms with Gasteiger partial charge in [-0.15, -0.1) is 0 Å². The van der Waals surface area contributed by atoms with E-state index in [-0.39, 0.29) is 5.82 Å². The molecule has 0 aliphatic carbocycles.